The van der Waals surface area contributed by atoms with E-state index in [0.29, 0.717) is 5.56 Å². The Balaban J connectivity index is 1.91. The average Bonchev–Trinajstić information content (AvgIpc) is 3.31. The van der Waals surface area contributed by atoms with E-state index in [0.717, 1.165) is 12.8 Å². The van der Waals surface area contributed by atoms with Gasteiger partial charge in [0.1, 0.15) is 0 Å². The van der Waals surface area contributed by atoms with Crippen molar-refractivity contribution in [3.8, 4) is 0 Å². The number of carbonyl (C=O) groups is 1. The second-order valence-corrected chi connectivity index (χ2v) is 6.66. The van der Waals surface area contributed by atoms with Crippen molar-refractivity contribution in [3.63, 3.8) is 0 Å². The maximum Gasteiger partial charge on any atom is 0.240 e. The first-order valence-electron chi connectivity index (χ1n) is 6.87. The summed E-state index contributed by atoms with van der Waals surface area (Å²) in [4.78, 5) is 12.0. The highest BCUT2D eigenvalue weighted by Gasteiger charge is 2.30. The van der Waals surface area contributed by atoms with Gasteiger partial charge in [-0.25, -0.2) is 13.1 Å². The Labute approximate surface area is 124 Å². The fourth-order valence-corrected chi connectivity index (χ4v) is 2.89. The molecule has 0 bridgehead atoms. The van der Waals surface area contributed by atoms with E-state index in [1.807, 2.05) is 0 Å². The molecule has 1 fully saturated rings. The molecule has 0 spiro atoms. The Morgan fingerprint density at radius 1 is 1.24 bits per heavy atom. The van der Waals surface area contributed by atoms with E-state index >= 15 is 0 Å². The number of hydrogen-bond donors (Lipinski definition) is 2. The van der Waals surface area contributed by atoms with Crippen LogP contribution in [-0.4, -0.2) is 45.7 Å². The molecular formula is C14H19NO5S. The van der Waals surface area contributed by atoms with Crippen LogP contribution in [0.25, 0.3) is 0 Å². The largest absolute Gasteiger partial charge is 0.394 e. The molecule has 0 atom stereocenters. The van der Waals surface area contributed by atoms with Gasteiger partial charge in [0.05, 0.1) is 24.7 Å². The summed E-state index contributed by atoms with van der Waals surface area (Å²) >= 11 is 0. The number of benzene rings is 1. The Bertz CT molecular complexity index is 578. The smallest absolute Gasteiger partial charge is 0.240 e. The molecule has 1 aromatic carbocycles. The molecule has 2 rings (SSSR count). The SMILES string of the molecule is O=C(c1ccc(S(=O)(=O)NCCOCCO)cc1)C1CC1. The van der Waals surface area contributed by atoms with E-state index in [2.05, 4.69) is 4.72 Å². The molecule has 6 nitrogen and oxygen atoms in total. The highest BCUT2D eigenvalue weighted by atomic mass is 32.2. The molecule has 1 aromatic rings. The number of nitrogens with one attached hydrogen (secondary N) is 1. The summed E-state index contributed by atoms with van der Waals surface area (Å²) in [6.07, 6.45) is 1.85. The Kier molecular flexibility index (Phi) is 5.46. The van der Waals surface area contributed by atoms with E-state index < -0.39 is 10.0 Å². The van der Waals surface area contributed by atoms with Gasteiger partial charge in [0.2, 0.25) is 10.0 Å². The van der Waals surface area contributed by atoms with E-state index in [4.69, 9.17) is 9.84 Å². The molecule has 21 heavy (non-hydrogen) atoms. The van der Waals surface area contributed by atoms with Gasteiger partial charge < -0.3 is 9.84 Å². The summed E-state index contributed by atoms with van der Waals surface area (Å²) < 4.78 is 31.4. The fourth-order valence-electron chi connectivity index (χ4n) is 1.88. The molecule has 0 aliphatic heterocycles. The zero-order valence-electron chi connectivity index (χ0n) is 11.6. The Morgan fingerprint density at radius 3 is 2.48 bits per heavy atom. The highest BCUT2D eigenvalue weighted by Crippen LogP contribution is 2.32. The first-order chi connectivity index (χ1) is 10.0. The first-order valence-corrected chi connectivity index (χ1v) is 8.35. The molecule has 0 unspecified atom stereocenters. The summed E-state index contributed by atoms with van der Waals surface area (Å²) in [5, 5.41) is 8.53. The number of ether oxygens (including phenoxy) is 1. The van der Waals surface area contributed by atoms with Gasteiger partial charge >= 0.3 is 0 Å². The van der Waals surface area contributed by atoms with Gasteiger partial charge in [-0.05, 0) is 25.0 Å². The van der Waals surface area contributed by atoms with Crippen LogP contribution in [0, 0.1) is 5.92 Å². The van der Waals surface area contributed by atoms with Crippen LogP contribution in [0.2, 0.25) is 0 Å². The number of ketones is 1. The molecule has 0 radical (unpaired) electrons. The van der Waals surface area contributed by atoms with Crippen LogP contribution in [-0.2, 0) is 14.8 Å². The molecule has 1 saturated carbocycles. The normalized spacial score (nSPS) is 15.1. The van der Waals surface area contributed by atoms with E-state index in [-0.39, 0.29) is 43.0 Å². The molecule has 1 aliphatic carbocycles. The van der Waals surface area contributed by atoms with Crippen molar-refractivity contribution in [2.75, 3.05) is 26.4 Å². The van der Waals surface area contributed by atoms with Crippen molar-refractivity contribution in [3.05, 3.63) is 29.8 Å². The van der Waals surface area contributed by atoms with Gasteiger partial charge in [-0.15, -0.1) is 0 Å². The highest BCUT2D eigenvalue weighted by molar-refractivity contribution is 7.89. The van der Waals surface area contributed by atoms with Gasteiger partial charge in [-0.1, -0.05) is 12.1 Å². The maximum atomic E-state index is 12.0. The minimum absolute atomic E-state index is 0.0873. The van der Waals surface area contributed by atoms with Crippen molar-refractivity contribution in [2.24, 2.45) is 5.92 Å². The molecule has 116 valence electrons. The molecule has 7 heteroatoms. The monoisotopic (exact) mass is 313 g/mol. The van der Waals surface area contributed by atoms with E-state index in [1.54, 1.807) is 12.1 Å². The summed E-state index contributed by atoms with van der Waals surface area (Å²) in [6.45, 7) is 0.409. The lowest BCUT2D eigenvalue weighted by Crippen LogP contribution is -2.27. The third-order valence-electron chi connectivity index (χ3n) is 3.17. The quantitative estimate of drug-likeness (QED) is 0.513. The number of aliphatic hydroxyl groups excluding tert-OH is 1. The van der Waals surface area contributed by atoms with Crippen LogP contribution in [0.4, 0.5) is 0 Å². The van der Waals surface area contributed by atoms with Crippen LogP contribution in [0.1, 0.15) is 23.2 Å². The molecule has 0 aromatic heterocycles. The molecular weight excluding hydrogens is 294 g/mol. The lowest BCUT2D eigenvalue weighted by atomic mass is 10.1. The molecule has 0 saturated heterocycles. The molecule has 1 aliphatic rings. The lowest BCUT2D eigenvalue weighted by molar-refractivity contribution is 0.0961. The van der Waals surface area contributed by atoms with Gasteiger partial charge in [-0.3, -0.25) is 4.79 Å². The van der Waals surface area contributed by atoms with Gasteiger partial charge in [0, 0.05) is 18.0 Å². The standard InChI is InChI=1S/C14H19NO5S/c16-8-10-20-9-7-15-21(18,19)13-5-3-12(4-6-13)14(17)11-1-2-11/h3-6,11,15-16H,1-2,7-10H2. The van der Waals surface area contributed by atoms with Crippen molar-refractivity contribution >= 4 is 15.8 Å². The second kappa shape index (κ2) is 7.13. The van der Waals surface area contributed by atoms with Crippen LogP contribution < -0.4 is 4.72 Å². The average molecular weight is 313 g/mol. The molecule has 2 N–H and O–H groups in total. The minimum Gasteiger partial charge on any atom is -0.394 e. The van der Waals surface area contributed by atoms with Crippen LogP contribution >= 0.6 is 0 Å². The summed E-state index contributed by atoms with van der Waals surface area (Å²) in [7, 11) is -3.60. The first kappa shape index (κ1) is 16.1. The zero-order chi connectivity index (χ0) is 15.3. The number of carbonyl (C=O) groups excluding carboxylic acids is 1. The predicted molar refractivity (Wildman–Crippen MR) is 76.6 cm³/mol. The number of sulfonamides is 1. The second-order valence-electron chi connectivity index (χ2n) is 4.90. The van der Waals surface area contributed by atoms with Gasteiger partial charge in [0.25, 0.3) is 0 Å². The summed E-state index contributed by atoms with van der Waals surface area (Å²) in [5.74, 6) is 0.207. The fraction of sp³-hybridized carbons (Fsp3) is 0.500. The van der Waals surface area contributed by atoms with Gasteiger partial charge in [-0.2, -0.15) is 0 Å². The van der Waals surface area contributed by atoms with E-state index in [1.165, 1.54) is 12.1 Å². The lowest BCUT2D eigenvalue weighted by Gasteiger charge is -2.07. The van der Waals surface area contributed by atoms with E-state index in [9.17, 15) is 13.2 Å². The summed E-state index contributed by atoms with van der Waals surface area (Å²) in [6, 6.07) is 5.98. The predicted octanol–water partition coefficient (Wildman–Crippen LogP) is 0.566. The summed E-state index contributed by atoms with van der Waals surface area (Å²) in [5.41, 5.74) is 0.558. The van der Waals surface area contributed by atoms with Gasteiger partial charge in [0.15, 0.2) is 5.78 Å². The van der Waals surface area contributed by atoms with Crippen molar-refractivity contribution in [1.82, 2.24) is 4.72 Å². The van der Waals surface area contributed by atoms with Crippen molar-refractivity contribution in [1.29, 1.82) is 0 Å². The molecule has 0 heterocycles. The Hall–Kier alpha value is -1.28. The van der Waals surface area contributed by atoms with Crippen LogP contribution in [0.3, 0.4) is 0 Å². The number of aliphatic hydroxyl groups is 1. The van der Waals surface area contributed by atoms with Crippen LogP contribution in [0.5, 0.6) is 0 Å². The topological polar surface area (TPSA) is 92.7 Å². The minimum atomic E-state index is -3.60. The number of rotatable bonds is 9. The molecule has 0 amide bonds. The van der Waals surface area contributed by atoms with Crippen LogP contribution in [0.15, 0.2) is 29.2 Å². The number of hydrogen-bond acceptors (Lipinski definition) is 5. The Morgan fingerprint density at radius 2 is 1.90 bits per heavy atom. The van der Waals surface area contributed by atoms with Crippen molar-refractivity contribution < 1.29 is 23.1 Å². The maximum absolute atomic E-state index is 12.0. The number of Topliss-reactive ketones (excluding diaryl/α,β-unsaturated/α-hetero) is 1. The third kappa shape index (κ3) is 4.60. The van der Waals surface area contributed by atoms with Crippen molar-refractivity contribution in [2.45, 2.75) is 17.7 Å². The zero-order valence-corrected chi connectivity index (χ0v) is 12.4. The third-order valence-corrected chi connectivity index (χ3v) is 4.65.